The number of fused-ring (bicyclic) bond motifs is 1. The minimum absolute atomic E-state index is 0.813. The van der Waals surface area contributed by atoms with E-state index in [1.807, 2.05) is 25.4 Å². The smallest absolute Gasteiger partial charge is 0.118 e. The van der Waals surface area contributed by atoms with Crippen LogP contribution < -0.4 is 0 Å². The van der Waals surface area contributed by atoms with Crippen LogP contribution in [0.15, 0.2) is 41.1 Å². The number of hydrogen-bond donors (Lipinski definition) is 0. The van der Waals surface area contributed by atoms with Crippen LogP contribution in [0.3, 0.4) is 0 Å². The van der Waals surface area contributed by atoms with Crippen molar-refractivity contribution in [1.29, 1.82) is 0 Å². The molecule has 2 aliphatic rings. The second kappa shape index (κ2) is 5.86. The molecule has 2 aromatic heterocycles. The molecule has 4 nitrogen and oxygen atoms in total. The zero-order valence-corrected chi connectivity index (χ0v) is 13.1. The van der Waals surface area contributed by atoms with E-state index >= 15 is 0 Å². The first-order valence-electron chi connectivity index (χ1n) is 8.15. The number of furan rings is 1. The van der Waals surface area contributed by atoms with Crippen molar-refractivity contribution < 1.29 is 4.42 Å². The van der Waals surface area contributed by atoms with E-state index in [2.05, 4.69) is 33.0 Å². The van der Waals surface area contributed by atoms with Crippen molar-refractivity contribution >= 4 is 0 Å². The molecule has 22 heavy (non-hydrogen) atoms. The lowest BCUT2D eigenvalue weighted by atomic mass is 10.0. The van der Waals surface area contributed by atoms with Crippen molar-refractivity contribution in [2.24, 2.45) is 11.8 Å². The van der Waals surface area contributed by atoms with Gasteiger partial charge in [-0.3, -0.25) is 14.8 Å². The fraction of sp³-hybridized carbons (Fsp3) is 0.500. The van der Waals surface area contributed by atoms with Crippen molar-refractivity contribution in [1.82, 2.24) is 14.8 Å². The van der Waals surface area contributed by atoms with Gasteiger partial charge in [0.25, 0.3) is 0 Å². The summed E-state index contributed by atoms with van der Waals surface area (Å²) in [6.45, 7) is 8.85. The maximum absolute atomic E-state index is 5.71. The maximum Gasteiger partial charge on any atom is 0.118 e. The third kappa shape index (κ3) is 2.94. The largest absolute Gasteiger partial charge is 0.465 e. The second-order valence-corrected chi connectivity index (χ2v) is 6.78. The Kier molecular flexibility index (Phi) is 3.72. The molecule has 0 amide bonds. The van der Waals surface area contributed by atoms with E-state index in [0.717, 1.165) is 36.4 Å². The number of pyridine rings is 1. The van der Waals surface area contributed by atoms with Gasteiger partial charge in [0.2, 0.25) is 0 Å². The van der Waals surface area contributed by atoms with Crippen LogP contribution in [-0.2, 0) is 13.1 Å². The number of hydrogen-bond acceptors (Lipinski definition) is 4. The zero-order valence-electron chi connectivity index (χ0n) is 13.1. The van der Waals surface area contributed by atoms with E-state index in [-0.39, 0.29) is 0 Å². The number of nitrogens with zero attached hydrogens (tertiary/aromatic N) is 3. The van der Waals surface area contributed by atoms with Crippen molar-refractivity contribution in [2.45, 2.75) is 20.0 Å². The van der Waals surface area contributed by atoms with E-state index in [0.29, 0.717) is 0 Å². The quantitative estimate of drug-likeness (QED) is 0.868. The van der Waals surface area contributed by atoms with E-state index in [1.165, 1.54) is 31.7 Å². The first kappa shape index (κ1) is 14.0. The molecule has 0 N–H and O–H groups in total. The molecular weight excluding hydrogens is 274 g/mol. The van der Waals surface area contributed by atoms with Gasteiger partial charge in [0, 0.05) is 45.1 Å². The molecule has 0 spiro atoms. The summed E-state index contributed by atoms with van der Waals surface area (Å²) >= 11 is 0. The van der Waals surface area contributed by atoms with E-state index in [4.69, 9.17) is 4.42 Å². The molecule has 116 valence electrons. The molecular formula is C18H23N3O. The molecule has 4 heteroatoms. The number of aromatic nitrogens is 1. The number of likely N-dealkylation sites (tertiary alicyclic amines) is 2. The van der Waals surface area contributed by atoms with Crippen LogP contribution in [0.4, 0.5) is 0 Å². The molecule has 0 aliphatic carbocycles. The van der Waals surface area contributed by atoms with Crippen LogP contribution in [-0.4, -0.2) is 41.0 Å². The summed E-state index contributed by atoms with van der Waals surface area (Å²) in [6, 6.07) is 8.37. The Balaban J connectivity index is 1.31. The van der Waals surface area contributed by atoms with E-state index in [1.54, 1.807) is 0 Å². The van der Waals surface area contributed by atoms with Gasteiger partial charge < -0.3 is 4.42 Å². The minimum atomic E-state index is 0.813. The predicted molar refractivity (Wildman–Crippen MR) is 85.2 cm³/mol. The molecule has 0 saturated carbocycles. The third-order valence-electron chi connectivity index (χ3n) is 4.94. The molecule has 4 heterocycles. The Labute approximate surface area is 131 Å². The van der Waals surface area contributed by atoms with Gasteiger partial charge >= 0.3 is 0 Å². The fourth-order valence-corrected chi connectivity index (χ4v) is 3.99. The van der Waals surface area contributed by atoms with Gasteiger partial charge in [-0.2, -0.15) is 0 Å². The molecule has 2 atom stereocenters. The lowest BCUT2D eigenvalue weighted by molar-refractivity contribution is 0.234. The van der Waals surface area contributed by atoms with Gasteiger partial charge in [-0.25, -0.2) is 0 Å². The second-order valence-electron chi connectivity index (χ2n) is 6.78. The number of aryl methyl sites for hydroxylation is 1. The standard InChI is InChI=1S/C18H23N3O/c1-14-4-5-18(22-14)13-21-11-16-9-20(10-17(16)12-21)8-15-3-2-6-19-7-15/h2-7,16-17H,8-13H2,1H3/t16-,17-/m0/s1. The molecule has 2 fully saturated rings. The van der Waals surface area contributed by atoms with Crippen molar-refractivity contribution in [3.05, 3.63) is 53.7 Å². The predicted octanol–water partition coefficient (Wildman–Crippen LogP) is 2.55. The highest BCUT2D eigenvalue weighted by atomic mass is 16.3. The van der Waals surface area contributed by atoms with Crippen molar-refractivity contribution in [3.8, 4) is 0 Å². The molecule has 2 aromatic rings. The topological polar surface area (TPSA) is 32.5 Å². The highest BCUT2D eigenvalue weighted by Gasteiger charge is 2.39. The Bertz CT molecular complexity index is 610. The highest BCUT2D eigenvalue weighted by molar-refractivity contribution is 5.10. The van der Waals surface area contributed by atoms with Crippen molar-refractivity contribution in [2.75, 3.05) is 26.2 Å². The average molecular weight is 297 g/mol. The van der Waals surface area contributed by atoms with Gasteiger partial charge in [-0.1, -0.05) is 6.07 Å². The summed E-state index contributed by atoms with van der Waals surface area (Å²) in [5, 5.41) is 0. The van der Waals surface area contributed by atoms with Crippen LogP contribution in [0.1, 0.15) is 17.1 Å². The molecule has 0 radical (unpaired) electrons. The van der Waals surface area contributed by atoms with E-state index < -0.39 is 0 Å². The Morgan fingerprint density at radius 3 is 2.36 bits per heavy atom. The number of rotatable bonds is 4. The summed E-state index contributed by atoms with van der Waals surface area (Å²) < 4.78 is 5.71. The zero-order chi connectivity index (χ0) is 14.9. The lowest BCUT2D eigenvalue weighted by Crippen LogP contribution is -2.28. The van der Waals surface area contributed by atoms with Gasteiger partial charge in [0.1, 0.15) is 11.5 Å². The molecule has 2 aliphatic heterocycles. The average Bonchev–Trinajstić information content (AvgIpc) is 3.16. The normalized spacial score (nSPS) is 25.7. The molecule has 2 saturated heterocycles. The Hall–Kier alpha value is -1.65. The van der Waals surface area contributed by atoms with Gasteiger partial charge in [-0.15, -0.1) is 0 Å². The Morgan fingerprint density at radius 2 is 1.77 bits per heavy atom. The highest BCUT2D eigenvalue weighted by Crippen LogP contribution is 2.32. The van der Waals surface area contributed by atoms with Crippen molar-refractivity contribution in [3.63, 3.8) is 0 Å². The van der Waals surface area contributed by atoms with Gasteiger partial charge in [0.05, 0.1) is 6.54 Å². The summed E-state index contributed by atoms with van der Waals surface area (Å²) in [7, 11) is 0. The molecule has 0 aromatic carbocycles. The summed E-state index contributed by atoms with van der Waals surface area (Å²) in [6.07, 6.45) is 3.83. The van der Waals surface area contributed by atoms with Gasteiger partial charge in [-0.05, 0) is 42.5 Å². The lowest BCUT2D eigenvalue weighted by Gasteiger charge is -2.20. The van der Waals surface area contributed by atoms with Crippen LogP contribution >= 0.6 is 0 Å². The molecule has 0 unspecified atom stereocenters. The third-order valence-corrected chi connectivity index (χ3v) is 4.94. The van der Waals surface area contributed by atoms with Crippen LogP contribution in [0.2, 0.25) is 0 Å². The molecule has 0 bridgehead atoms. The Morgan fingerprint density at radius 1 is 1.05 bits per heavy atom. The fourth-order valence-electron chi connectivity index (χ4n) is 3.99. The van der Waals surface area contributed by atoms with Crippen LogP contribution in [0, 0.1) is 18.8 Å². The summed E-state index contributed by atoms with van der Waals surface area (Å²) in [5.41, 5.74) is 1.32. The summed E-state index contributed by atoms with van der Waals surface area (Å²) in [5.74, 6) is 3.74. The SMILES string of the molecule is Cc1ccc(CN2C[C@@H]3CN(Cc4cccnc4)C[C@H]3C2)o1. The summed E-state index contributed by atoms with van der Waals surface area (Å²) in [4.78, 5) is 9.35. The van der Waals surface area contributed by atoms with Crippen LogP contribution in [0.5, 0.6) is 0 Å². The monoisotopic (exact) mass is 297 g/mol. The van der Waals surface area contributed by atoms with Crippen LogP contribution in [0.25, 0.3) is 0 Å². The molecule has 4 rings (SSSR count). The van der Waals surface area contributed by atoms with E-state index in [9.17, 15) is 0 Å². The van der Waals surface area contributed by atoms with Gasteiger partial charge in [0.15, 0.2) is 0 Å². The minimum Gasteiger partial charge on any atom is -0.465 e. The maximum atomic E-state index is 5.71. The first-order valence-corrected chi connectivity index (χ1v) is 8.15. The first-order chi connectivity index (χ1) is 10.8.